The smallest absolute Gasteiger partial charge is 0.409 e. The second kappa shape index (κ2) is 4.01. The molecule has 0 unspecified atom stereocenters. The molecule has 0 spiro atoms. The first-order valence-corrected chi connectivity index (χ1v) is 3.86. The van der Waals surface area contributed by atoms with Crippen LogP contribution in [0.2, 0.25) is 0 Å². The van der Waals surface area contributed by atoms with Crippen molar-refractivity contribution in [1.82, 2.24) is 5.32 Å². The van der Waals surface area contributed by atoms with E-state index >= 15 is 0 Å². The van der Waals surface area contributed by atoms with Crippen LogP contribution < -0.4 is 10.1 Å². The largest absolute Gasteiger partial charge is 0.412 e. The zero-order chi connectivity index (χ0) is 8.97. The fourth-order valence-electron chi connectivity index (χ4n) is 0.694. The minimum Gasteiger partial charge on any atom is -0.409 e. The number of carbonyl (C=O) groups excluding carboxylic acids is 1. The maximum Gasteiger partial charge on any atom is 0.412 e. The van der Waals surface area contributed by atoms with Crippen LogP contribution in [0.25, 0.3) is 0 Å². The Hall–Kier alpha value is -1.16. The average molecular weight is 183 g/mol. The first-order chi connectivity index (χ1) is 5.74. The van der Waals surface area contributed by atoms with E-state index in [4.69, 9.17) is 4.74 Å². The van der Waals surface area contributed by atoms with Crippen molar-refractivity contribution in [2.45, 2.75) is 4.90 Å². The van der Waals surface area contributed by atoms with Gasteiger partial charge in [-0.3, -0.25) is 0 Å². The van der Waals surface area contributed by atoms with Crippen molar-refractivity contribution in [2.75, 3.05) is 7.05 Å². The molecule has 0 heterocycles. The molecule has 0 aromatic heterocycles. The maximum atomic E-state index is 10.8. The van der Waals surface area contributed by atoms with Gasteiger partial charge in [-0.15, -0.1) is 12.6 Å². The highest BCUT2D eigenvalue weighted by Gasteiger charge is 2.02. The lowest BCUT2D eigenvalue weighted by Crippen LogP contribution is -2.22. The zero-order valence-corrected chi connectivity index (χ0v) is 7.47. The van der Waals surface area contributed by atoms with Crippen LogP contribution in [-0.2, 0) is 0 Å². The molecule has 1 rings (SSSR count). The van der Waals surface area contributed by atoms with E-state index in [-0.39, 0.29) is 0 Å². The van der Waals surface area contributed by atoms with Gasteiger partial charge >= 0.3 is 6.09 Å². The van der Waals surface area contributed by atoms with E-state index in [9.17, 15) is 4.79 Å². The second-order valence-electron chi connectivity index (χ2n) is 2.11. The van der Waals surface area contributed by atoms with Gasteiger partial charge in [-0.25, -0.2) is 4.79 Å². The number of para-hydroxylation sites is 1. The first-order valence-electron chi connectivity index (χ1n) is 3.41. The van der Waals surface area contributed by atoms with Crippen molar-refractivity contribution in [3.05, 3.63) is 24.3 Å². The third-order valence-corrected chi connectivity index (χ3v) is 1.64. The molecule has 0 radical (unpaired) electrons. The van der Waals surface area contributed by atoms with Crippen LogP contribution in [0.15, 0.2) is 29.2 Å². The molecule has 0 bridgehead atoms. The lowest BCUT2D eigenvalue weighted by atomic mass is 10.3. The molecule has 12 heavy (non-hydrogen) atoms. The first kappa shape index (κ1) is 8.93. The Morgan fingerprint density at radius 3 is 2.75 bits per heavy atom. The minimum absolute atomic E-state index is 0.459. The summed E-state index contributed by atoms with van der Waals surface area (Å²) in [4.78, 5) is 11.4. The summed E-state index contributed by atoms with van der Waals surface area (Å²) in [5.41, 5.74) is 0. The maximum absolute atomic E-state index is 10.8. The van der Waals surface area contributed by atoms with Crippen molar-refractivity contribution in [3.8, 4) is 5.75 Å². The van der Waals surface area contributed by atoms with Crippen LogP contribution in [0.5, 0.6) is 5.75 Å². The highest BCUT2D eigenvalue weighted by Crippen LogP contribution is 2.20. The van der Waals surface area contributed by atoms with Crippen molar-refractivity contribution in [2.24, 2.45) is 0 Å². The van der Waals surface area contributed by atoms with Crippen LogP contribution in [0.1, 0.15) is 0 Å². The lowest BCUT2D eigenvalue weighted by Gasteiger charge is -2.04. The number of hydrogen-bond donors (Lipinski definition) is 2. The van der Waals surface area contributed by atoms with E-state index in [1.54, 1.807) is 18.2 Å². The Balaban J connectivity index is 2.75. The molecule has 1 N–H and O–H groups in total. The van der Waals surface area contributed by atoms with E-state index in [1.807, 2.05) is 6.07 Å². The summed E-state index contributed by atoms with van der Waals surface area (Å²) in [6.45, 7) is 0. The van der Waals surface area contributed by atoms with Crippen LogP contribution in [0.4, 0.5) is 4.79 Å². The predicted molar refractivity (Wildman–Crippen MR) is 48.8 cm³/mol. The fraction of sp³-hybridized carbons (Fsp3) is 0.125. The van der Waals surface area contributed by atoms with Gasteiger partial charge in [0.1, 0.15) is 5.75 Å². The predicted octanol–water partition coefficient (Wildman–Crippen LogP) is 1.69. The Bertz CT molecular complexity index is 288. The van der Waals surface area contributed by atoms with E-state index < -0.39 is 6.09 Å². The molecule has 0 aliphatic heterocycles. The second-order valence-corrected chi connectivity index (χ2v) is 2.59. The number of hydrogen-bond acceptors (Lipinski definition) is 3. The Morgan fingerprint density at radius 2 is 2.17 bits per heavy atom. The Morgan fingerprint density at radius 1 is 1.50 bits per heavy atom. The van der Waals surface area contributed by atoms with Gasteiger partial charge in [0.25, 0.3) is 0 Å². The third-order valence-electron chi connectivity index (χ3n) is 1.27. The molecule has 1 amide bonds. The number of rotatable bonds is 1. The van der Waals surface area contributed by atoms with Crippen LogP contribution >= 0.6 is 12.6 Å². The molecule has 0 fully saturated rings. The van der Waals surface area contributed by atoms with Crippen LogP contribution in [-0.4, -0.2) is 13.1 Å². The molecule has 0 saturated heterocycles. The van der Waals surface area contributed by atoms with Gasteiger partial charge in [-0.2, -0.15) is 0 Å². The Labute approximate surface area is 76.1 Å². The van der Waals surface area contributed by atoms with Gasteiger partial charge in [0, 0.05) is 11.9 Å². The molecular weight excluding hydrogens is 174 g/mol. The van der Waals surface area contributed by atoms with E-state index in [0.29, 0.717) is 10.6 Å². The summed E-state index contributed by atoms with van der Waals surface area (Å²) >= 11 is 4.11. The van der Waals surface area contributed by atoms with Gasteiger partial charge in [0.05, 0.1) is 0 Å². The highest BCUT2D eigenvalue weighted by atomic mass is 32.1. The van der Waals surface area contributed by atoms with Gasteiger partial charge in [-0.05, 0) is 12.1 Å². The number of carbonyl (C=O) groups is 1. The highest BCUT2D eigenvalue weighted by molar-refractivity contribution is 7.80. The monoisotopic (exact) mass is 183 g/mol. The summed E-state index contributed by atoms with van der Waals surface area (Å²) in [5.74, 6) is 0.459. The van der Waals surface area contributed by atoms with Gasteiger partial charge < -0.3 is 10.1 Å². The van der Waals surface area contributed by atoms with Crippen molar-refractivity contribution in [3.63, 3.8) is 0 Å². The molecule has 4 heteroatoms. The van der Waals surface area contributed by atoms with Crippen LogP contribution in [0.3, 0.4) is 0 Å². The SMILES string of the molecule is CNC(=O)Oc1ccccc1S. The molecule has 3 nitrogen and oxygen atoms in total. The van der Waals surface area contributed by atoms with E-state index in [0.717, 1.165) is 0 Å². The molecular formula is C8H9NO2S. The molecule has 1 aromatic carbocycles. The summed E-state index contributed by atoms with van der Waals surface area (Å²) < 4.78 is 4.87. The van der Waals surface area contributed by atoms with E-state index in [1.165, 1.54) is 7.05 Å². The van der Waals surface area contributed by atoms with Gasteiger partial charge in [-0.1, -0.05) is 12.1 Å². The van der Waals surface area contributed by atoms with Crippen LogP contribution in [0, 0.1) is 0 Å². The Kier molecular flexibility index (Phi) is 2.99. The summed E-state index contributed by atoms with van der Waals surface area (Å²) in [7, 11) is 1.50. The fourth-order valence-corrected chi connectivity index (χ4v) is 0.901. The van der Waals surface area contributed by atoms with Crippen molar-refractivity contribution >= 4 is 18.7 Å². The summed E-state index contributed by atoms with van der Waals surface area (Å²) in [5, 5.41) is 2.35. The number of thiol groups is 1. The van der Waals surface area contributed by atoms with Gasteiger partial charge in [0.2, 0.25) is 0 Å². The minimum atomic E-state index is -0.489. The number of amides is 1. The molecule has 0 aliphatic rings. The van der Waals surface area contributed by atoms with Gasteiger partial charge in [0.15, 0.2) is 0 Å². The summed E-state index contributed by atoms with van der Waals surface area (Å²) in [6, 6.07) is 7.02. The zero-order valence-electron chi connectivity index (χ0n) is 6.57. The molecule has 0 aliphatic carbocycles. The number of nitrogens with one attached hydrogen (secondary N) is 1. The third kappa shape index (κ3) is 2.17. The summed E-state index contributed by atoms with van der Waals surface area (Å²) in [6.07, 6.45) is -0.489. The molecule has 0 atom stereocenters. The van der Waals surface area contributed by atoms with Crippen molar-refractivity contribution < 1.29 is 9.53 Å². The lowest BCUT2D eigenvalue weighted by molar-refractivity contribution is 0.202. The standard InChI is InChI=1S/C8H9NO2S/c1-9-8(10)11-6-4-2-3-5-7(6)12/h2-5,12H,1H3,(H,9,10). The molecule has 64 valence electrons. The molecule has 1 aromatic rings. The number of ether oxygens (including phenoxy) is 1. The van der Waals surface area contributed by atoms with E-state index in [2.05, 4.69) is 17.9 Å². The average Bonchev–Trinajstić information content (AvgIpc) is 2.09. The topological polar surface area (TPSA) is 38.3 Å². The molecule has 0 saturated carbocycles. The normalized spacial score (nSPS) is 9.17. The number of benzene rings is 1. The quantitative estimate of drug-likeness (QED) is 0.650. The van der Waals surface area contributed by atoms with Crippen molar-refractivity contribution in [1.29, 1.82) is 0 Å².